The van der Waals surface area contributed by atoms with Gasteiger partial charge in [0.2, 0.25) is 0 Å². The summed E-state index contributed by atoms with van der Waals surface area (Å²) in [7, 11) is 0. The smallest absolute Gasteiger partial charge is 0.0476 e. The fourth-order valence-electron chi connectivity index (χ4n) is 4.90. The highest BCUT2D eigenvalue weighted by atomic mass is 14.4. The lowest BCUT2D eigenvalue weighted by molar-refractivity contribution is 0.362. The second-order valence-electron chi connectivity index (χ2n) is 8.36. The van der Waals surface area contributed by atoms with Crippen LogP contribution in [0.4, 0.5) is 0 Å². The molecule has 0 aromatic heterocycles. The van der Waals surface area contributed by atoms with Gasteiger partial charge in [0.1, 0.15) is 0 Å². The van der Waals surface area contributed by atoms with Gasteiger partial charge in [0.15, 0.2) is 0 Å². The monoisotopic (exact) mass is 384 g/mol. The van der Waals surface area contributed by atoms with Crippen molar-refractivity contribution >= 4 is 0 Å². The maximum Gasteiger partial charge on any atom is 0.0476 e. The van der Waals surface area contributed by atoms with Gasteiger partial charge >= 0.3 is 0 Å². The second-order valence-corrected chi connectivity index (χ2v) is 8.36. The third-order valence-corrected chi connectivity index (χ3v) is 6.42. The lowest BCUT2D eigenvalue weighted by Gasteiger charge is -2.41. The molecule has 3 aromatic rings. The molecule has 0 aliphatic heterocycles. The third-order valence-electron chi connectivity index (χ3n) is 6.42. The molecule has 0 nitrogen and oxygen atoms in total. The van der Waals surface area contributed by atoms with E-state index in [4.69, 9.17) is 0 Å². The summed E-state index contributed by atoms with van der Waals surface area (Å²) in [6, 6.07) is 33.4. The van der Waals surface area contributed by atoms with Crippen molar-refractivity contribution in [3.8, 4) is 0 Å². The largest absolute Gasteiger partial charge is 0.0654 e. The Balaban J connectivity index is 1.98. The van der Waals surface area contributed by atoms with Crippen molar-refractivity contribution in [2.75, 3.05) is 0 Å². The lowest BCUT2D eigenvalue weighted by atomic mass is 9.61. The molecule has 29 heavy (non-hydrogen) atoms. The van der Waals surface area contributed by atoms with E-state index in [1.165, 1.54) is 61.6 Å². The Labute approximate surface area is 178 Å². The fourth-order valence-corrected chi connectivity index (χ4v) is 4.90. The Morgan fingerprint density at radius 1 is 0.552 bits per heavy atom. The van der Waals surface area contributed by atoms with E-state index >= 15 is 0 Å². The van der Waals surface area contributed by atoms with Crippen molar-refractivity contribution in [2.45, 2.75) is 64.2 Å². The van der Waals surface area contributed by atoms with Crippen LogP contribution >= 0.6 is 0 Å². The number of unbranched alkanes of at least 4 members (excludes halogenated alkanes) is 5. The molecule has 0 aliphatic carbocycles. The summed E-state index contributed by atoms with van der Waals surface area (Å²) < 4.78 is 0. The van der Waals surface area contributed by atoms with Crippen LogP contribution in [-0.4, -0.2) is 0 Å². The predicted octanol–water partition coefficient (Wildman–Crippen LogP) is 8.41. The molecule has 0 amide bonds. The number of hydrogen-bond donors (Lipinski definition) is 0. The number of rotatable bonds is 11. The summed E-state index contributed by atoms with van der Waals surface area (Å²) >= 11 is 0. The van der Waals surface area contributed by atoms with E-state index in [0.29, 0.717) is 5.92 Å². The molecule has 0 aliphatic rings. The van der Waals surface area contributed by atoms with Crippen LogP contribution < -0.4 is 0 Å². The molecule has 0 heterocycles. The highest BCUT2D eigenvalue weighted by Crippen LogP contribution is 2.46. The van der Waals surface area contributed by atoms with E-state index in [1.54, 1.807) is 0 Å². The average Bonchev–Trinajstić information content (AvgIpc) is 2.79. The minimum absolute atomic E-state index is 0.118. The zero-order chi connectivity index (χ0) is 20.4. The molecule has 0 saturated carbocycles. The van der Waals surface area contributed by atoms with Gasteiger partial charge in [-0.3, -0.25) is 0 Å². The SMILES string of the molecule is CCCCCCCCC(C)C(c1ccccc1)(c1ccccc1)c1ccccc1. The van der Waals surface area contributed by atoms with E-state index in [0.717, 1.165) is 0 Å². The van der Waals surface area contributed by atoms with Crippen molar-refractivity contribution in [3.63, 3.8) is 0 Å². The molecule has 1 atom stereocenters. The van der Waals surface area contributed by atoms with Crippen molar-refractivity contribution in [3.05, 3.63) is 108 Å². The lowest BCUT2D eigenvalue weighted by Crippen LogP contribution is -2.36. The number of hydrogen-bond acceptors (Lipinski definition) is 0. The maximum atomic E-state index is 2.46. The van der Waals surface area contributed by atoms with Gasteiger partial charge in [-0.2, -0.15) is 0 Å². The van der Waals surface area contributed by atoms with Crippen LogP contribution in [0.1, 0.15) is 75.5 Å². The van der Waals surface area contributed by atoms with Crippen LogP contribution in [0.2, 0.25) is 0 Å². The van der Waals surface area contributed by atoms with E-state index in [2.05, 4.69) is 105 Å². The summed E-state index contributed by atoms with van der Waals surface area (Å²) in [5.41, 5.74) is 4.08. The first-order valence-electron chi connectivity index (χ1n) is 11.5. The Morgan fingerprint density at radius 3 is 1.34 bits per heavy atom. The molecule has 3 aromatic carbocycles. The predicted molar refractivity (Wildman–Crippen MR) is 126 cm³/mol. The topological polar surface area (TPSA) is 0 Å². The molecule has 0 fully saturated rings. The molecular weight excluding hydrogens is 348 g/mol. The van der Waals surface area contributed by atoms with E-state index < -0.39 is 0 Å². The summed E-state index contributed by atoms with van der Waals surface area (Å²) in [6.45, 7) is 4.75. The summed E-state index contributed by atoms with van der Waals surface area (Å²) in [5.74, 6) is 0.515. The van der Waals surface area contributed by atoms with Crippen LogP contribution in [0.5, 0.6) is 0 Å². The van der Waals surface area contributed by atoms with E-state index in [-0.39, 0.29) is 5.41 Å². The van der Waals surface area contributed by atoms with Crippen LogP contribution in [0.15, 0.2) is 91.0 Å². The molecule has 0 saturated heterocycles. The molecule has 152 valence electrons. The molecule has 1 unspecified atom stereocenters. The van der Waals surface area contributed by atoms with Gasteiger partial charge in [-0.25, -0.2) is 0 Å². The fraction of sp³-hybridized carbons (Fsp3) is 0.379. The van der Waals surface area contributed by atoms with Gasteiger partial charge < -0.3 is 0 Å². The second kappa shape index (κ2) is 11.0. The first-order valence-corrected chi connectivity index (χ1v) is 11.5. The standard InChI is InChI=1S/C29H36/c1-3-4-5-6-7-11-18-25(2)29(26-19-12-8-13-20-26,27-21-14-9-15-22-27)28-23-16-10-17-24-28/h8-10,12-17,19-25H,3-7,11,18H2,1-2H3. The van der Waals surface area contributed by atoms with Gasteiger partial charge in [0.25, 0.3) is 0 Å². The summed E-state index contributed by atoms with van der Waals surface area (Å²) in [5, 5.41) is 0. The van der Waals surface area contributed by atoms with Crippen molar-refractivity contribution in [1.82, 2.24) is 0 Å². The van der Waals surface area contributed by atoms with Crippen LogP contribution in [0, 0.1) is 5.92 Å². The third kappa shape index (κ3) is 4.99. The van der Waals surface area contributed by atoms with E-state index in [1.807, 2.05) is 0 Å². The van der Waals surface area contributed by atoms with Crippen LogP contribution in [-0.2, 0) is 5.41 Å². The minimum atomic E-state index is -0.118. The van der Waals surface area contributed by atoms with Crippen molar-refractivity contribution in [1.29, 1.82) is 0 Å². The highest BCUT2D eigenvalue weighted by molar-refractivity contribution is 5.51. The quantitative estimate of drug-likeness (QED) is 0.230. The molecule has 0 bridgehead atoms. The Morgan fingerprint density at radius 2 is 0.931 bits per heavy atom. The van der Waals surface area contributed by atoms with Crippen molar-refractivity contribution in [2.24, 2.45) is 5.92 Å². The molecule has 3 rings (SSSR count). The van der Waals surface area contributed by atoms with Gasteiger partial charge in [-0.05, 0) is 29.0 Å². The van der Waals surface area contributed by atoms with E-state index in [9.17, 15) is 0 Å². The van der Waals surface area contributed by atoms with Gasteiger partial charge in [0.05, 0.1) is 0 Å². The highest BCUT2D eigenvalue weighted by Gasteiger charge is 2.40. The number of benzene rings is 3. The summed E-state index contributed by atoms with van der Waals surface area (Å²) in [4.78, 5) is 0. The Bertz CT molecular complexity index is 708. The minimum Gasteiger partial charge on any atom is -0.0654 e. The molecule has 0 N–H and O–H groups in total. The maximum absolute atomic E-state index is 2.46. The van der Waals surface area contributed by atoms with Crippen molar-refractivity contribution < 1.29 is 0 Å². The normalized spacial score (nSPS) is 12.6. The van der Waals surface area contributed by atoms with Gasteiger partial charge in [0, 0.05) is 5.41 Å². The molecule has 0 spiro atoms. The Hall–Kier alpha value is -2.34. The molecule has 0 heteroatoms. The first kappa shape index (κ1) is 21.4. The van der Waals surface area contributed by atoms with Crippen LogP contribution in [0.3, 0.4) is 0 Å². The zero-order valence-electron chi connectivity index (χ0n) is 18.2. The van der Waals surface area contributed by atoms with Crippen LogP contribution in [0.25, 0.3) is 0 Å². The van der Waals surface area contributed by atoms with Gasteiger partial charge in [-0.15, -0.1) is 0 Å². The Kier molecular flexibility index (Phi) is 8.11. The summed E-state index contributed by atoms with van der Waals surface area (Å²) in [6.07, 6.45) is 9.33. The van der Waals surface area contributed by atoms with Gasteiger partial charge in [-0.1, -0.05) is 143 Å². The molecular formula is C29H36. The first-order chi connectivity index (χ1) is 14.3. The molecule has 0 radical (unpaired) electrons. The average molecular weight is 385 g/mol. The zero-order valence-corrected chi connectivity index (χ0v) is 18.2.